The molecule has 3 fully saturated rings. The van der Waals surface area contributed by atoms with E-state index in [0.717, 1.165) is 44.1 Å². The number of nitrogens with zero attached hydrogens (tertiary/aromatic N) is 3. The first kappa shape index (κ1) is 25.4. The summed E-state index contributed by atoms with van der Waals surface area (Å²) in [4.78, 5) is 49.0. The number of benzene rings is 1. The van der Waals surface area contributed by atoms with Gasteiger partial charge in [-0.25, -0.2) is 4.98 Å². The van der Waals surface area contributed by atoms with Crippen molar-refractivity contribution in [3.8, 4) is 6.07 Å². The number of nitriles is 1. The van der Waals surface area contributed by atoms with E-state index < -0.39 is 12.1 Å². The normalized spacial score (nSPS) is 26.0. The van der Waals surface area contributed by atoms with E-state index in [2.05, 4.69) is 35.2 Å². The number of nitrogens with one attached hydrogen (secondary N) is 2. The van der Waals surface area contributed by atoms with Crippen LogP contribution in [0.1, 0.15) is 70.1 Å². The maximum absolute atomic E-state index is 13.6. The third kappa shape index (κ3) is 4.88. The van der Waals surface area contributed by atoms with Crippen molar-refractivity contribution in [1.29, 1.82) is 5.26 Å². The molecule has 2 aliphatic carbocycles. The molecule has 3 aliphatic rings. The second-order valence-electron chi connectivity index (χ2n) is 11.9. The Kier molecular flexibility index (Phi) is 6.82. The number of hydrogen-bond acceptors (Lipinski definition) is 5. The Hall–Kier alpha value is -3.21. The number of piperidine rings is 1. The fourth-order valence-electron chi connectivity index (χ4n) is 6.70. The van der Waals surface area contributed by atoms with Gasteiger partial charge in [-0.05, 0) is 54.7 Å². The minimum atomic E-state index is -0.914. The van der Waals surface area contributed by atoms with Gasteiger partial charge in [-0.3, -0.25) is 14.4 Å². The van der Waals surface area contributed by atoms with Crippen molar-refractivity contribution >= 4 is 22.8 Å². The van der Waals surface area contributed by atoms with Gasteiger partial charge in [-0.1, -0.05) is 52.0 Å². The lowest BCUT2D eigenvalue weighted by Gasteiger charge is -2.33. The molecule has 0 radical (unpaired) electrons. The molecule has 2 saturated carbocycles. The van der Waals surface area contributed by atoms with Crippen LogP contribution in [0.3, 0.4) is 0 Å². The van der Waals surface area contributed by atoms with Crippen molar-refractivity contribution in [3.63, 3.8) is 0 Å². The summed E-state index contributed by atoms with van der Waals surface area (Å²) >= 11 is 0. The maximum Gasteiger partial charge on any atom is 0.270 e. The topological polar surface area (TPSA) is 119 Å². The number of likely N-dealkylation sites (tertiary alicyclic amines) is 1. The molecule has 2 N–H and O–H groups in total. The number of aromatic nitrogens is 2. The number of aryl methyl sites for hydroxylation is 1. The molecule has 1 saturated heterocycles. The van der Waals surface area contributed by atoms with Crippen molar-refractivity contribution < 1.29 is 9.59 Å². The van der Waals surface area contributed by atoms with Crippen LogP contribution < -0.4 is 10.9 Å². The van der Waals surface area contributed by atoms with Gasteiger partial charge >= 0.3 is 0 Å². The minimum absolute atomic E-state index is 0.00222. The van der Waals surface area contributed by atoms with E-state index in [-0.39, 0.29) is 46.7 Å². The number of aromatic amines is 1. The minimum Gasteiger partial charge on any atom is -0.338 e. The molecular formula is C29H37N5O3. The lowest BCUT2D eigenvalue weighted by molar-refractivity contribution is -0.144. The first-order valence-corrected chi connectivity index (χ1v) is 13.7. The molecule has 0 bridgehead atoms. The first-order valence-electron chi connectivity index (χ1n) is 13.7. The number of H-pyrrole nitrogens is 1. The van der Waals surface area contributed by atoms with E-state index in [9.17, 15) is 19.6 Å². The molecule has 5 rings (SSSR count). The Labute approximate surface area is 217 Å². The lowest BCUT2D eigenvalue weighted by atomic mass is 9.89. The van der Waals surface area contributed by atoms with Gasteiger partial charge in [0.2, 0.25) is 11.8 Å². The number of carbonyl (C=O) groups excluding carboxylic acids is 2. The maximum atomic E-state index is 13.6. The molecule has 4 atom stereocenters. The monoisotopic (exact) mass is 503 g/mol. The quantitative estimate of drug-likeness (QED) is 0.646. The number of fused-ring (bicyclic) bond motifs is 2. The molecule has 0 spiro atoms. The van der Waals surface area contributed by atoms with Gasteiger partial charge in [0.15, 0.2) is 0 Å². The van der Waals surface area contributed by atoms with Crippen molar-refractivity contribution in [2.45, 2.75) is 84.2 Å². The van der Waals surface area contributed by atoms with Crippen LogP contribution in [0.25, 0.3) is 11.0 Å². The molecule has 37 heavy (non-hydrogen) atoms. The summed E-state index contributed by atoms with van der Waals surface area (Å²) in [5.74, 6) is 0.175. The van der Waals surface area contributed by atoms with Gasteiger partial charge < -0.3 is 15.2 Å². The summed E-state index contributed by atoms with van der Waals surface area (Å²) in [5, 5.41) is 12.7. The second-order valence-corrected chi connectivity index (χ2v) is 11.9. The van der Waals surface area contributed by atoms with Crippen molar-refractivity contribution in [1.82, 2.24) is 20.2 Å². The zero-order chi connectivity index (χ0) is 26.3. The summed E-state index contributed by atoms with van der Waals surface area (Å²) in [5.41, 5.74) is 2.14. The molecule has 196 valence electrons. The number of carbonyl (C=O) groups is 2. The van der Waals surface area contributed by atoms with Crippen LogP contribution in [-0.4, -0.2) is 45.3 Å². The Bertz CT molecular complexity index is 1300. The summed E-state index contributed by atoms with van der Waals surface area (Å²) in [6.45, 7) is 6.86. The fraction of sp³-hybridized carbons (Fsp3) is 0.621. The van der Waals surface area contributed by atoms with E-state index in [1.165, 1.54) is 6.42 Å². The third-order valence-corrected chi connectivity index (χ3v) is 9.00. The van der Waals surface area contributed by atoms with Gasteiger partial charge in [0.25, 0.3) is 5.56 Å². The van der Waals surface area contributed by atoms with Gasteiger partial charge in [0.1, 0.15) is 17.8 Å². The zero-order valence-electron chi connectivity index (χ0n) is 22.0. The third-order valence-electron chi connectivity index (χ3n) is 9.00. The molecule has 2 amide bonds. The van der Waals surface area contributed by atoms with Gasteiger partial charge in [0.05, 0.1) is 17.1 Å². The van der Waals surface area contributed by atoms with E-state index in [1.54, 1.807) is 4.90 Å². The van der Waals surface area contributed by atoms with Crippen LogP contribution in [-0.2, 0) is 16.0 Å². The predicted octanol–water partition coefficient (Wildman–Crippen LogP) is 3.63. The number of rotatable bonds is 5. The molecule has 4 unspecified atom stereocenters. The standard InChI is InChI=1S/C29H37N5O3/c1-17-11-12-21-22(13-17)32-23(26(35)33-21)14-19(15-30)31-27(36)25-24-20(29(24,2)3)16-34(25)28(37)18-9-7-5-4-6-8-10-18/h11-13,18-20,24-25H,4-10,14,16H2,1-3H3,(H,31,36)(H,33,35). The molecule has 2 heterocycles. The predicted molar refractivity (Wildman–Crippen MR) is 140 cm³/mol. The Morgan fingerprint density at radius 1 is 1.22 bits per heavy atom. The van der Waals surface area contributed by atoms with Crippen LogP contribution in [0.15, 0.2) is 23.0 Å². The van der Waals surface area contributed by atoms with Gasteiger partial charge in [0, 0.05) is 18.9 Å². The highest BCUT2D eigenvalue weighted by Crippen LogP contribution is 2.65. The molecule has 1 aromatic heterocycles. The summed E-state index contributed by atoms with van der Waals surface area (Å²) < 4.78 is 0. The average molecular weight is 504 g/mol. The first-order chi connectivity index (χ1) is 17.7. The Balaban J connectivity index is 1.33. The zero-order valence-corrected chi connectivity index (χ0v) is 22.0. The molecule has 8 heteroatoms. The molecule has 8 nitrogen and oxygen atoms in total. The van der Waals surface area contributed by atoms with Crippen LogP contribution >= 0.6 is 0 Å². The fourth-order valence-corrected chi connectivity index (χ4v) is 6.70. The van der Waals surface area contributed by atoms with Crippen molar-refractivity contribution in [2.75, 3.05) is 6.54 Å². The highest BCUT2D eigenvalue weighted by atomic mass is 16.2. The number of hydrogen-bond donors (Lipinski definition) is 2. The summed E-state index contributed by atoms with van der Waals surface area (Å²) in [6.07, 6.45) is 7.46. The largest absolute Gasteiger partial charge is 0.338 e. The molecule has 2 aromatic rings. The van der Waals surface area contributed by atoms with Crippen molar-refractivity contribution in [3.05, 3.63) is 39.8 Å². The van der Waals surface area contributed by atoms with Crippen LogP contribution in [0.4, 0.5) is 0 Å². The van der Waals surface area contributed by atoms with E-state index in [4.69, 9.17) is 0 Å². The van der Waals surface area contributed by atoms with E-state index >= 15 is 0 Å². The number of amides is 2. The molecule has 1 aromatic carbocycles. The van der Waals surface area contributed by atoms with E-state index in [1.807, 2.05) is 25.1 Å². The SMILES string of the molecule is Cc1ccc2[nH]c(=O)c(CC(C#N)NC(=O)C3C4C(CN3C(=O)C3CCCCCCC3)C4(C)C)nc2c1. The molecular weight excluding hydrogens is 466 g/mol. The van der Waals surface area contributed by atoms with E-state index in [0.29, 0.717) is 23.5 Å². The van der Waals surface area contributed by atoms with Gasteiger partial charge in [-0.15, -0.1) is 0 Å². The van der Waals surface area contributed by atoms with Crippen LogP contribution in [0, 0.1) is 41.4 Å². The molecule has 1 aliphatic heterocycles. The smallest absolute Gasteiger partial charge is 0.270 e. The summed E-state index contributed by atoms with van der Waals surface area (Å²) in [7, 11) is 0. The van der Waals surface area contributed by atoms with Gasteiger partial charge in [-0.2, -0.15) is 5.26 Å². The Morgan fingerprint density at radius 2 is 1.92 bits per heavy atom. The van der Waals surface area contributed by atoms with Crippen molar-refractivity contribution in [2.24, 2.45) is 23.2 Å². The highest BCUT2D eigenvalue weighted by Gasteiger charge is 2.69. The Morgan fingerprint density at radius 3 is 2.62 bits per heavy atom. The highest BCUT2D eigenvalue weighted by molar-refractivity contribution is 5.90. The second kappa shape index (κ2) is 9.92. The summed E-state index contributed by atoms with van der Waals surface area (Å²) in [6, 6.07) is 6.23. The van der Waals surface area contributed by atoms with Crippen LogP contribution in [0.2, 0.25) is 0 Å². The average Bonchev–Trinajstić information content (AvgIpc) is 3.16. The van der Waals surface area contributed by atoms with Crippen LogP contribution in [0.5, 0.6) is 0 Å². The lowest BCUT2D eigenvalue weighted by Crippen LogP contribution is -2.53.